The minimum atomic E-state index is -0.407. The molecule has 0 aliphatic carbocycles. The maximum absolute atomic E-state index is 11.1. The molecule has 6 heteroatoms. The fraction of sp³-hybridized carbons (Fsp3) is 0.600. The highest BCUT2D eigenvalue weighted by Crippen LogP contribution is 2.30. The van der Waals surface area contributed by atoms with Crippen LogP contribution in [0.4, 0.5) is 11.4 Å². The number of ether oxygens (including phenoxy) is 1. The van der Waals surface area contributed by atoms with Crippen LogP contribution in [0.1, 0.15) is 26.2 Å². The van der Waals surface area contributed by atoms with Gasteiger partial charge in [-0.1, -0.05) is 6.92 Å². The van der Waals surface area contributed by atoms with E-state index in [2.05, 4.69) is 17.1 Å². The zero-order valence-electron chi connectivity index (χ0n) is 12.7. The predicted octanol–water partition coefficient (Wildman–Crippen LogP) is 2.89. The van der Waals surface area contributed by atoms with E-state index in [1.54, 1.807) is 12.1 Å². The summed E-state index contributed by atoms with van der Waals surface area (Å²) in [6.45, 7) is 5.48. The second kappa shape index (κ2) is 7.26. The van der Waals surface area contributed by atoms with E-state index in [0.717, 1.165) is 44.6 Å². The highest BCUT2D eigenvalue weighted by Gasteiger charge is 2.19. The fourth-order valence-corrected chi connectivity index (χ4v) is 2.77. The molecule has 1 heterocycles. The Morgan fingerprint density at radius 1 is 1.43 bits per heavy atom. The van der Waals surface area contributed by atoms with Crippen LogP contribution in [0, 0.1) is 10.1 Å². The number of rotatable bonds is 5. The largest absolute Gasteiger partial charge is 0.490 e. The van der Waals surface area contributed by atoms with Crippen LogP contribution in [0.25, 0.3) is 0 Å². The summed E-state index contributed by atoms with van der Waals surface area (Å²) in [6.07, 6.45) is 3.31. The van der Waals surface area contributed by atoms with Gasteiger partial charge >= 0.3 is 5.69 Å². The Kier molecular flexibility index (Phi) is 5.38. The summed E-state index contributed by atoms with van der Waals surface area (Å²) in [7, 11) is 1.44. The monoisotopic (exact) mass is 293 g/mol. The van der Waals surface area contributed by atoms with E-state index in [1.165, 1.54) is 7.11 Å². The Hall–Kier alpha value is -1.82. The quantitative estimate of drug-likeness (QED) is 0.668. The number of benzene rings is 1. The molecule has 0 radical (unpaired) electrons. The summed E-state index contributed by atoms with van der Waals surface area (Å²) in [5.74, 6) is 0.295. The molecule has 1 aliphatic rings. The number of nitro groups is 1. The van der Waals surface area contributed by atoms with Crippen molar-refractivity contribution < 1.29 is 9.66 Å². The normalized spacial score (nSPS) is 19.8. The van der Waals surface area contributed by atoms with Crippen LogP contribution in [-0.4, -0.2) is 42.6 Å². The van der Waals surface area contributed by atoms with Gasteiger partial charge in [-0.05, 0) is 44.5 Å². The van der Waals surface area contributed by atoms with Gasteiger partial charge in [0.2, 0.25) is 0 Å². The standard InChI is InChI=1S/C15H23N3O3/c1-3-17-9-4-5-12(8-10-17)16-13-6-7-15(21-2)14(11-13)18(19)20/h6-7,11-12,16H,3-5,8-10H2,1-2H3. The number of likely N-dealkylation sites (tertiary alicyclic amines) is 1. The number of hydrogen-bond acceptors (Lipinski definition) is 5. The Morgan fingerprint density at radius 3 is 2.90 bits per heavy atom. The van der Waals surface area contributed by atoms with Crippen molar-refractivity contribution in [1.29, 1.82) is 0 Å². The maximum atomic E-state index is 11.1. The number of methoxy groups -OCH3 is 1. The van der Waals surface area contributed by atoms with Crippen LogP contribution in [0.3, 0.4) is 0 Å². The number of nitrogens with one attached hydrogen (secondary N) is 1. The molecule has 21 heavy (non-hydrogen) atoms. The van der Waals surface area contributed by atoms with Crippen molar-refractivity contribution in [3.63, 3.8) is 0 Å². The number of nitro benzene ring substituents is 1. The first-order chi connectivity index (χ1) is 10.1. The lowest BCUT2D eigenvalue weighted by Crippen LogP contribution is -2.26. The van der Waals surface area contributed by atoms with E-state index in [1.807, 2.05) is 6.07 Å². The molecule has 1 aromatic carbocycles. The zero-order valence-corrected chi connectivity index (χ0v) is 12.7. The van der Waals surface area contributed by atoms with Crippen molar-refractivity contribution in [3.8, 4) is 5.75 Å². The first-order valence-electron chi connectivity index (χ1n) is 7.45. The van der Waals surface area contributed by atoms with Crippen molar-refractivity contribution in [2.24, 2.45) is 0 Å². The van der Waals surface area contributed by atoms with E-state index in [9.17, 15) is 10.1 Å². The van der Waals surface area contributed by atoms with Gasteiger partial charge in [-0.3, -0.25) is 10.1 Å². The Labute approximate surface area is 125 Å². The van der Waals surface area contributed by atoms with Gasteiger partial charge in [0.05, 0.1) is 12.0 Å². The Bertz CT molecular complexity index is 493. The number of nitrogens with zero attached hydrogens (tertiary/aromatic N) is 2. The van der Waals surface area contributed by atoms with Crippen molar-refractivity contribution in [1.82, 2.24) is 4.90 Å². The van der Waals surface area contributed by atoms with Gasteiger partial charge in [0.1, 0.15) is 0 Å². The van der Waals surface area contributed by atoms with Gasteiger partial charge in [0, 0.05) is 24.3 Å². The molecule has 0 bridgehead atoms. The van der Waals surface area contributed by atoms with Gasteiger partial charge in [-0.15, -0.1) is 0 Å². The molecular weight excluding hydrogens is 270 g/mol. The van der Waals surface area contributed by atoms with Crippen molar-refractivity contribution in [2.75, 3.05) is 32.1 Å². The van der Waals surface area contributed by atoms with Gasteiger partial charge in [0.15, 0.2) is 5.75 Å². The Balaban J connectivity index is 2.05. The average molecular weight is 293 g/mol. The SMILES string of the molecule is CCN1CCCC(Nc2ccc(OC)c([N+](=O)[O-])c2)CC1. The van der Waals surface area contributed by atoms with Gasteiger partial charge in [-0.25, -0.2) is 0 Å². The molecule has 1 N–H and O–H groups in total. The number of hydrogen-bond donors (Lipinski definition) is 1. The summed E-state index contributed by atoms with van der Waals surface area (Å²) in [5.41, 5.74) is 0.795. The van der Waals surface area contributed by atoms with Gasteiger partial charge in [0.25, 0.3) is 0 Å². The van der Waals surface area contributed by atoms with E-state index >= 15 is 0 Å². The third-order valence-electron chi connectivity index (χ3n) is 4.01. The van der Waals surface area contributed by atoms with Gasteiger partial charge in [-0.2, -0.15) is 0 Å². The van der Waals surface area contributed by atoms with Gasteiger partial charge < -0.3 is 15.0 Å². The van der Waals surface area contributed by atoms with Crippen molar-refractivity contribution in [2.45, 2.75) is 32.2 Å². The van der Waals surface area contributed by atoms with Crippen molar-refractivity contribution in [3.05, 3.63) is 28.3 Å². The second-order valence-electron chi connectivity index (χ2n) is 5.35. The predicted molar refractivity (Wildman–Crippen MR) is 83.0 cm³/mol. The maximum Gasteiger partial charge on any atom is 0.312 e. The summed E-state index contributed by atoms with van der Waals surface area (Å²) >= 11 is 0. The minimum absolute atomic E-state index is 0.00584. The second-order valence-corrected chi connectivity index (χ2v) is 5.35. The van der Waals surface area contributed by atoms with E-state index in [0.29, 0.717) is 11.8 Å². The molecule has 1 saturated heterocycles. The zero-order chi connectivity index (χ0) is 15.2. The fourth-order valence-electron chi connectivity index (χ4n) is 2.77. The third kappa shape index (κ3) is 4.07. The molecule has 0 aromatic heterocycles. The molecule has 1 aliphatic heterocycles. The van der Waals surface area contributed by atoms with Crippen LogP contribution < -0.4 is 10.1 Å². The highest BCUT2D eigenvalue weighted by atomic mass is 16.6. The molecule has 1 atom stereocenters. The van der Waals surface area contributed by atoms with Crippen LogP contribution in [0.5, 0.6) is 5.75 Å². The van der Waals surface area contributed by atoms with E-state index < -0.39 is 4.92 Å². The summed E-state index contributed by atoms with van der Waals surface area (Å²) < 4.78 is 5.02. The van der Waals surface area contributed by atoms with Crippen LogP contribution in [0.2, 0.25) is 0 Å². The first kappa shape index (κ1) is 15.6. The average Bonchev–Trinajstić information content (AvgIpc) is 2.72. The smallest absolute Gasteiger partial charge is 0.312 e. The molecule has 0 saturated carbocycles. The molecule has 1 fully saturated rings. The van der Waals surface area contributed by atoms with Crippen LogP contribution >= 0.6 is 0 Å². The summed E-state index contributed by atoms with van der Waals surface area (Å²) in [4.78, 5) is 13.1. The lowest BCUT2D eigenvalue weighted by atomic mass is 10.1. The molecule has 0 amide bonds. The van der Waals surface area contributed by atoms with E-state index in [4.69, 9.17) is 4.74 Å². The molecule has 6 nitrogen and oxygen atoms in total. The minimum Gasteiger partial charge on any atom is -0.490 e. The molecule has 1 aromatic rings. The molecule has 1 unspecified atom stereocenters. The third-order valence-corrected chi connectivity index (χ3v) is 4.01. The molecular formula is C15H23N3O3. The summed E-state index contributed by atoms with van der Waals surface area (Å²) in [5, 5.41) is 14.5. The first-order valence-corrected chi connectivity index (χ1v) is 7.45. The molecule has 116 valence electrons. The Morgan fingerprint density at radius 2 is 2.24 bits per heavy atom. The van der Waals surface area contributed by atoms with Crippen LogP contribution in [-0.2, 0) is 0 Å². The van der Waals surface area contributed by atoms with Crippen molar-refractivity contribution >= 4 is 11.4 Å². The topological polar surface area (TPSA) is 67.6 Å². The summed E-state index contributed by atoms with van der Waals surface area (Å²) in [6, 6.07) is 5.42. The van der Waals surface area contributed by atoms with Crippen LogP contribution in [0.15, 0.2) is 18.2 Å². The molecule has 0 spiro atoms. The molecule has 2 rings (SSSR count). The van der Waals surface area contributed by atoms with E-state index in [-0.39, 0.29) is 5.69 Å². The number of anilines is 1. The highest BCUT2D eigenvalue weighted by molar-refractivity contribution is 5.58. The lowest BCUT2D eigenvalue weighted by molar-refractivity contribution is -0.385. The lowest BCUT2D eigenvalue weighted by Gasteiger charge is -2.19.